The molecule has 1 aliphatic rings. The van der Waals surface area contributed by atoms with Gasteiger partial charge in [-0.2, -0.15) is 0 Å². The summed E-state index contributed by atoms with van der Waals surface area (Å²) in [6.45, 7) is 6.79. The van der Waals surface area contributed by atoms with Crippen LogP contribution in [0.3, 0.4) is 0 Å². The number of ketones is 1. The second-order valence-electron chi connectivity index (χ2n) is 9.75. The van der Waals surface area contributed by atoms with Gasteiger partial charge in [-0.1, -0.05) is 55.0 Å². The van der Waals surface area contributed by atoms with E-state index in [1.807, 2.05) is 49.4 Å². The van der Waals surface area contributed by atoms with Crippen molar-refractivity contribution < 1.29 is 19.4 Å². The van der Waals surface area contributed by atoms with E-state index in [9.17, 15) is 14.7 Å². The van der Waals surface area contributed by atoms with E-state index in [0.717, 1.165) is 22.2 Å². The second kappa shape index (κ2) is 10.6. The molecular formula is C30H27ClN2O4S. The minimum atomic E-state index is -0.888. The predicted octanol–water partition coefficient (Wildman–Crippen LogP) is 7.31. The van der Waals surface area contributed by atoms with Gasteiger partial charge in [-0.25, -0.2) is 4.98 Å². The normalized spacial score (nSPS) is 17.1. The van der Waals surface area contributed by atoms with Gasteiger partial charge in [0.25, 0.3) is 5.78 Å². The molecule has 38 heavy (non-hydrogen) atoms. The van der Waals surface area contributed by atoms with Crippen molar-refractivity contribution in [3.8, 4) is 5.75 Å². The molecule has 5 rings (SSSR count). The van der Waals surface area contributed by atoms with Crippen molar-refractivity contribution in [2.24, 2.45) is 5.92 Å². The monoisotopic (exact) mass is 546 g/mol. The fourth-order valence-corrected chi connectivity index (χ4v) is 5.63. The summed E-state index contributed by atoms with van der Waals surface area (Å²) in [4.78, 5) is 33.0. The van der Waals surface area contributed by atoms with Gasteiger partial charge in [-0.05, 0) is 78.9 Å². The quantitative estimate of drug-likeness (QED) is 0.149. The number of fused-ring (bicyclic) bond motifs is 1. The number of carbonyl (C=O) groups is 2. The van der Waals surface area contributed by atoms with Crippen LogP contribution in [0.2, 0.25) is 5.02 Å². The number of anilines is 1. The fourth-order valence-electron chi connectivity index (χ4n) is 4.42. The lowest BCUT2D eigenvalue weighted by atomic mass is 9.95. The van der Waals surface area contributed by atoms with Crippen LogP contribution in [0, 0.1) is 12.8 Å². The van der Waals surface area contributed by atoms with Crippen LogP contribution in [0.5, 0.6) is 5.75 Å². The highest BCUT2D eigenvalue weighted by Crippen LogP contribution is 2.45. The predicted molar refractivity (Wildman–Crippen MR) is 152 cm³/mol. The van der Waals surface area contributed by atoms with Gasteiger partial charge in [0.15, 0.2) is 5.13 Å². The third kappa shape index (κ3) is 5.04. The summed E-state index contributed by atoms with van der Waals surface area (Å²) in [5.41, 5.74) is 2.82. The van der Waals surface area contributed by atoms with Crippen molar-refractivity contribution in [1.82, 2.24) is 4.98 Å². The number of nitrogens with zero attached hydrogens (tertiary/aromatic N) is 2. The topological polar surface area (TPSA) is 79.7 Å². The van der Waals surface area contributed by atoms with E-state index >= 15 is 0 Å². The van der Waals surface area contributed by atoms with Crippen LogP contribution in [-0.2, 0) is 9.59 Å². The molecule has 1 aliphatic heterocycles. The fraction of sp³-hybridized carbons (Fsp3) is 0.233. The van der Waals surface area contributed by atoms with Crippen molar-refractivity contribution >= 4 is 55.7 Å². The van der Waals surface area contributed by atoms with Crippen LogP contribution in [-0.4, -0.2) is 28.4 Å². The molecule has 0 spiro atoms. The molecule has 3 aromatic carbocycles. The molecule has 1 amide bonds. The molecule has 0 saturated carbocycles. The number of benzene rings is 3. The molecule has 194 valence electrons. The SMILES string of the molecule is Cc1ccc2nc(N3C(=O)C(=O)C(=C(O)c4ccc(Cl)cc4)C3c3cccc(OCCC(C)C)c3)sc2c1. The van der Waals surface area contributed by atoms with Gasteiger partial charge in [-0.15, -0.1) is 0 Å². The first-order chi connectivity index (χ1) is 18.2. The molecule has 6 nitrogen and oxygen atoms in total. The van der Waals surface area contributed by atoms with E-state index < -0.39 is 17.7 Å². The average Bonchev–Trinajstić information content (AvgIpc) is 3.41. The van der Waals surface area contributed by atoms with Crippen LogP contribution in [0.1, 0.15) is 43.0 Å². The zero-order valence-corrected chi connectivity index (χ0v) is 22.8. The average molecular weight is 547 g/mol. The number of aryl methyl sites for hydroxylation is 1. The first kappa shape index (κ1) is 25.9. The second-order valence-corrected chi connectivity index (χ2v) is 11.2. The first-order valence-corrected chi connectivity index (χ1v) is 13.6. The maximum absolute atomic E-state index is 13.5. The maximum atomic E-state index is 13.5. The Hall–Kier alpha value is -3.68. The lowest BCUT2D eigenvalue weighted by Crippen LogP contribution is -2.29. The van der Waals surface area contributed by atoms with Gasteiger partial charge >= 0.3 is 5.91 Å². The van der Waals surface area contributed by atoms with Gasteiger partial charge < -0.3 is 9.84 Å². The molecule has 0 bridgehead atoms. The molecular weight excluding hydrogens is 520 g/mol. The van der Waals surface area contributed by atoms with E-state index in [1.54, 1.807) is 24.3 Å². The van der Waals surface area contributed by atoms with Crippen LogP contribution < -0.4 is 9.64 Å². The molecule has 2 heterocycles. The minimum absolute atomic E-state index is 0.00732. The van der Waals surface area contributed by atoms with Crippen LogP contribution in [0.25, 0.3) is 16.0 Å². The Morgan fingerprint density at radius 1 is 1.11 bits per heavy atom. The van der Waals surface area contributed by atoms with Gasteiger partial charge in [0.05, 0.1) is 28.4 Å². The highest BCUT2D eigenvalue weighted by atomic mass is 35.5. The van der Waals surface area contributed by atoms with Crippen molar-refractivity contribution in [2.75, 3.05) is 11.5 Å². The Morgan fingerprint density at radius 3 is 2.61 bits per heavy atom. The Bertz CT molecular complexity index is 1560. The first-order valence-electron chi connectivity index (χ1n) is 12.4. The number of thiazole rings is 1. The maximum Gasteiger partial charge on any atom is 0.301 e. The van der Waals surface area contributed by atoms with Gasteiger partial charge in [-0.3, -0.25) is 14.5 Å². The van der Waals surface area contributed by atoms with E-state index in [2.05, 4.69) is 18.8 Å². The molecule has 1 atom stereocenters. The Morgan fingerprint density at radius 2 is 1.87 bits per heavy atom. The number of aliphatic hydroxyl groups excluding tert-OH is 1. The largest absolute Gasteiger partial charge is 0.507 e. The summed E-state index contributed by atoms with van der Waals surface area (Å²) < 4.78 is 6.88. The van der Waals surface area contributed by atoms with Crippen molar-refractivity contribution in [1.29, 1.82) is 0 Å². The smallest absolute Gasteiger partial charge is 0.301 e. The molecule has 0 radical (unpaired) electrons. The lowest BCUT2D eigenvalue weighted by molar-refractivity contribution is -0.132. The van der Waals surface area contributed by atoms with E-state index in [1.165, 1.54) is 16.2 Å². The summed E-state index contributed by atoms with van der Waals surface area (Å²) in [6, 6.07) is 18.8. The number of rotatable bonds is 7. The number of hydrogen-bond donors (Lipinski definition) is 1. The Kier molecular flexibility index (Phi) is 7.23. The van der Waals surface area contributed by atoms with E-state index in [0.29, 0.717) is 39.6 Å². The number of aliphatic hydroxyl groups is 1. The van der Waals surface area contributed by atoms with Gasteiger partial charge in [0.1, 0.15) is 11.5 Å². The number of aromatic nitrogens is 1. The number of amides is 1. The molecule has 4 aromatic rings. The number of halogens is 1. The summed E-state index contributed by atoms with van der Waals surface area (Å²) in [6.07, 6.45) is 0.893. The Balaban J connectivity index is 1.65. The third-order valence-electron chi connectivity index (χ3n) is 6.44. The molecule has 1 N–H and O–H groups in total. The summed E-state index contributed by atoms with van der Waals surface area (Å²) >= 11 is 7.37. The van der Waals surface area contributed by atoms with Gasteiger partial charge in [0, 0.05) is 10.6 Å². The Labute approximate surface area is 230 Å². The summed E-state index contributed by atoms with van der Waals surface area (Å²) in [5.74, 6) is -0.667. The number of Topliss-reactive ketones (excluding diaryl/α,β-unsaturated/α-hetero) is 1. The van der Waals surface area contributed by atoms with Crippen molar-refractivity contribution in [3.05, 3.63) is 94.0 Å². The molecule has 0 aliphatic carbocycles. The third-order valence-corrected chi connectivity index (χ3v) is 7.71. The zero-order valence-electron chi connectivity index (χ0n) is 21.3. The number of carbonyl (C=O) groups excluding carboxylic acids is 2. The highest BCUT2D eigenvalue weighted by Gasteiger charge is 2.48. The molecule has 1 saturated heterocycles. The molecule has 8 heteroatoms. The standard InChI is InChI=1S/C30H27ClN2O4S/c1-17(2)13-14-37-22-6-4-5-20(16-22)26-25(27(34)19-8-10-21(31)11-9-19)28(35)29(36)33(26)30-32-23-12-7-18(3)15-24(23)38-30/h4-12,15-17,26,34H,13-14H2,1-3H3. The van der Waals surface area contributed by atoms with Gasteiger partial charge in [0.2, 0.25) is 0 Å². The zero-order chi connectivity index (χ0) is 27.0. The van der Waals surface area contributed by atoms with Crippen molar-refractivity contribution in [3.63, 3.8) is 0 Å². The number of ether oxygens (including phenoxy) is 1. The molecule has 1 fully saturated rings. The summed E-state index contributed by atoms with van der Waals surface area (Å²) in [5, 5.41) is 12.2. The highest BCUT2D eigenvalue weighted by molar-refractivity contribution is 7.22. The summed E-state index contributed by atoms with van der Waals surface area (Å²) in [7, 11) is 0. The molecule has 1 unspecified atom stereocenters. The minimum Gasteiger partial charge on any atom is -0.507 e. The van der Waals surface area contributed by atoms with Crippen LogP contribution in [0.15, 0.2) is 72.3 Å². The van der Waals surface area contributed by atoms with Crippen LogP contribution in [0.4, 0.5) is 5.13 Å². The van der Waals surface area contributed by atoms with E-state index in [-0.39, 0.29) is 11.3 Å². The number of hydrogen-bond acceptors (Lipinski definition) is 6. The van der Waals surface area contributed by atoms with Crippen molar-refractivity contribution in [2.45, 2.75) is 33.2 Å². The van der Waals surface area contributed by atoms with E-state index in [4.69, 9.17) is 16.3 Å². The molecule has 1 aromatic heterocycles. The van der Waals surface area contributed by atoms with Crippen LogP contribution >= 0.6 is 22.9 Å². The lowest BCUT2D eigenvalue weighted by Gasteiger charge is -2.23.